The maximum Gasteiger partial charge on any atom is 0.380 e. The van der Waals surface area contributed by atoms with Crippen LogP contribution in [-0.2, 0) is 14.2 Å². The van der Waals surface area contributed by atoms with Crippen LogP contribution in [-0.4, -0.2) is 46.2 Å². The molecule has 0 N–H and O–H groups in total. The Balaban J connectivity index is 1.68. The summed E-state index contributed by atoms with van der Waals surface area (Å²) >= 11 is 4.59. The fourth-order valence-corrected chi connectivity index (χ4v) is 3.83. The van der Waals surface area contributed by atoms with Gasteiger partial charge in [0.05, 0.1) is 5.56 Å². The zero-order valence-electron chi connectivity index (χ0n) is 14.8. The second-order valence-electron chi connectivity index (χ2n) is 6.26. The average Bonchev–Trinajstić information content (AvgIpc) is 2.95. The minimum Gasteiger partial charge on any atom is -0.460 e. The number of esters is 1. The zero-order chi connectivity index (χ0) is 21.0. The molecular weight excluding hydrogens is 564 g/mol. The Morgan fingerprint density at radius 3 is 2.31 bits per heavy atom. The van der Waals surface area contributed by atoms with Gasteiger partial charge in [-0.2, -0.15) is 8.78 Å². The van der Waals surface area contributed by atoms with Gasteiger partial charge in [0.25, 0.3) is 5.87 Å². The number of carbonyl (C=O) groups is 2. The number of hydrogen-bond acceptors (Lipinski definition) is 5. The molecule has 3 atom stereocenters. The molecule has 5 nitrogen and oxygen atoms in total. The average molecular weight is 579 g/mol. The van der Waals surface area contributed by atoms with Crippen molar-refractivity contribution in [2.45, 2.75) is 23.1 Å². The highest BCUT2D eigenvalue weighted by atomic mass is 127. The van der Waals surface area contributed by atoms with Gasteiger partial charge < -0.3 is 14.2 Å². The van der Waals surface area contributed by atoms with E-state index in [4.69, 9.17) is 14.2 Å². The van der Waals surface area contributed by atoms with Gasteiger partial charge in [-0.05, 0) is 12.1 Å². The maximum absolute atomic E-state index is 14.5. The van der Waals surface area contributed by atoms with Crippen LogP contribution < -0.4 is 5.46 Å². The van der Waals surface area contributed by atoms with E-state index in [9.17, 15) is 18.4 Å². The summed E-state index contributed by atoms with van der Waals surface area (Å²) in [5, 5.41) is -1.67. The van der Waals surface area contributed by atoms with Crippen LogP contribution in [0.25, 0.3) is 0 Å². The normalized spacial score (nSPS) is 22.7. The van der Waals surface area contributed by atoms with E-state index in [0.29, 0.717) is 5.46 Å². The minimum atomic E-state index is -3.49. The third-order valence-corrected chi connectivity index (χ3v) is 6.30. The molecule has 0 radical (unpaired) electrons. The minimum absolute atomic E-state index is 0.276. The number of hydrogen-bond donors (Lipinski definition) is 0. The van der Waals surface area contributed by atoms with Gasteiger partial charge in [-0.3, -0.25) is 4.79 Å². The van der Waals surface area contributed by atoms with Crippen LogP contribution in [0.2, 0.25) is 0 Å². The van der Waals surface area contributed by atoms with Crippen LogP contribution >= 0.6 is 38.3 Å². The molecule has 1 heterocycles. The van der Waals surface area contributed by atoms with Crippen molar-refractivity contribution in [3.8, 4) is 0 Å². The molecule has 2 aromatic carbocycles. The smallest absolute Gasteiger partial charge is 0.380 e. The Kier molecular flexibility index (Phi) is 7.28. The summed E-state index contributed by atoms with van der Waals surface area (Å²) in [5.74, 6) is -5.00. The van der Waals surface area contributed by atoms with Gasteiger partial charge in [-0.15, -0.1) is 22.4 Å². The molecule has 0 amide bonds. The van der Waals surface area contributed by atoms with Crippen LogP contribution in [0.4, 0.5) is 13.6 Å². The molecule has 1 unspecified atom stereocenters. The Morgan fingerprint density at radius 1 is 1.10 bits per heavy atom. The summed E-state index contributed by atoms with van der Waals surface area (Å²) in [6.45, 7) is -0.486. The number of benzene rings is 2. The van der Waals surface area contributed by atoms with Crippen LogP contribution in [0.5, 0.6) is 0 Å². The summed E-state index contributed by atoms with van der Waals surface area (Å²) in [5.41, 5.74) is 0.903. The molecule has 1 fully saturated rings. The lowest BCUT2D eigenvalue weighted by Gasteiger charge is -2.23. The monoisotopic (exact) mass is 578 g/mol. The second-order valence-corrected chi connectivity index (χ2v) is 8.34. The molecular formula is C19H15BBrF2IO5. The first kappa shape index (κ1) is 22.2. The number of rotatable bonds is 6. The highest BCUT2D eigenvalue weighted by Crippen LogP contribution is 2.41. The van der Waals surface area contributed by atoms with E-state index >= 15 is 0 Å². The van der Waals surface area contributed by atoms with Crippen LogP contribution in [0.3, 0.4) is 0 Å². The summed E-state index contributed by atoms with van der Waals surface area (Å²) in [7, 11) is 0. The molecule has 29 heavy (non-hydrogen) atoms. The lowest BCUT2D eigenvalue weighted by atomic mass is 9.70. The molecule has 3 rings (SSSR count). The molecule has 152 valence electrons. The van der Waals surface area contributed by atoms with Crippen molar-refractivity contribution in [2.24, 2.45) is 0 Å². The molecule has 0 bridgehead atoms. The largest absolute Gasteiger partial charge is 0.460 e. The van der Waals surface area contributed by atoms with Gasteiger partial charge in [0.15, 0.2) is 11.1 Å². The van der Waals surface area contributed by atoms with Crippen molar-refractivity contribution in [2.75, 3.05) is 6.61 Å². The Morgan fingerprint density at radius 2 is 1.69 bits per heavy atom. The van der Waals surface area contributed by atoms with Gasteiger partial charge in [0.2, 0.25) is 0 Å². The molecule has 0 aromatic heterocycles. The predicted molar refractivity (Wildman–Crippen MR) is 115 cm³/mol. The number of halogens is 4. The van der Waals surface area contributed by atoms with Crippen molar-refractivity contribution in [3.63, 3.8) is 0 Å². The molecule has 0 saturated carbocycles. The van der Waals surface area contributed by atoms with Crippen LogP contribution in [0.15, 0.2) is 60.7 Å². The summed E-state index contributed by atoms with van der Waals surface area (Å²) in [6.07, 6.45) is -3.21. The predicted octanol–water partition coefficient (Wildman–Crippen LogP) is 4.02. The van der Waals surface area contributed by atoms with Gasteiger partial charge in [-0.1, -0.05) is 69.9 Å². The summed E-state index contributed by atoms with van der Waals surface area (Å²) in [6, 6.07) is 16.8. The standard InChI is InChI=1S/C19H15BBrF2IO5/c21-17-19(22,23)15(29-18(26)20(24)13-9-5-2-6-10-13)14(28-17)11-27-16(25)12-7-3-1-4-8-12/h1-10,14-15,17H,11H2/t14-,15?,17+/m1/s1. The van der Waals surface area contributed by atoms with Gasteiger partial charge in [-0.25, -0.2) is 4.79 Å². The first-order chi connectivity index (χ1) is 13.8. The first-order valence-electron chi connectivity index (χ1n) is 8.59. The summed E-state index contributed by atoms with van der Waals surface area (Å²) in [4.78, 5) is 24.5. The van der Waals surface area contributed by atoms with Crippen molar-refractivity contribution >= 4 is 60.2 Å². The molecule has 1 aliphatic rings. The first-order valence-corrected chi connectivity index (χ1v) is 10.8. The summed E-state index contributed by atoms with van der Waals surface area (Å²) < 4.78 is 43.7. The molecule has 10 heteroatoms. The van der Waals surface area contributed by atoms with Gasteiger partial charge >= 0.3 is 16.5 Å². The fourth-order valence-electron chi connectivity index (χ4n) is 2.73. The molecule has 1 saturated heterocycles. The highest BCUT2D eigenvalue weighted by molar-refractivity contribution is 14.1. The van der Waals surface area contributed by atoms with Crippen LogP contribution in [0.1, 0.15) is 10.4 Å². The van der Waals surface area contributed by atoms with E-state index in [-0.39, 0.29) is 5.56 Å². The van der Waals surface area contributed by atoms with E-state index in [1.807, 2.05) is 22.4 Å². The fraction of sp³-hybridized carbons (Fsp3) is 0.263. The van der Waals surface area contributed by atoms with E-state index in [0.717, 1.165) is 0 Å². The van der Waals surface area contributed by atoms with E-state index in [1.165, 1.54) is 12.1 Å². The molecule has 1 aliphatic heterocycles. The lowest BCUT2D eigenvalue weighted by Crippen LogP contribution is -2.46. The molecule has 0 aliphatic carbocycles. The third-order valence-electron chi connectivity index (χ3n) is 4.24. The van der Waals surface area contributed by atoms with E-state index in [2.05, 4.69) is 15.9 Å². The number of ether oxygens (including phenoxy) is 3. The Labute approximate surface area is 188 Å². The maximum atomic E-state index is 14.5. The van der Waals surface area contributed by atoms with E-state index in [1.54, 1.807) is 48.5 Å². The van der Waals surface area contributed by atoms with Gasteiger partial charge in [0.1, 0.15) is 12.7 Å². The molecule has 2 aromatic rings. The third kappa shape index (κ3) is 5.15. The Hall–Kier alpha value is -1.53. The van der Waals surface area contributed by atoms with Crippen molar-refractivity contribution in [1.82, 2.24) is 0 Å². The zero-order valence-corrected chi connectivity index (χ0v) is 18.6. The SMILES string of the molecule is O=C(OC1[C@@H](COC(=O)c2ccccc2)O[C@H](Br)C1(F)F)B(I)c1ccccc1. The van der Waals surface area contributed by atoms with Crippen molar-refractivity contribution in [3.05, 3.63) is 66.2 Å². The second kappa shape index (κ2) is 9.52. The number of carbonyl (C=O) groups excluding carboxylic acids is 2. The number of alkyl halides is 3. The lowest BCUT2D eigenvalue weighted by molar-refractivity contribution is -0.0890. The van der Waals surface area contributed by atoms with Crippen molar-refractivity contribution in [1.29, 1.82) is 0 Å². The van der Waals surface area contributed by atoms with Gasteiger partial charge in [0, 0.05) is 0 Å². The molecule has 0 spiro atoms. The van der Waals surface area contributed by atoms with Crippen molar-refractivity contribution < 1.29 is 32.6 Å². The quantitative estimate of drug-likeness (QED) is 0.224. The Bertz CT molecular complexity index is 858. The highest BCUT2D eigenvalue weighted by Gasteiger charge is 2.61. The topological polar surface area (TPSA) is 61.8 Å². The van der Waals surface area contributed by atoms with E-state index < -0.39 is 46.2 Å². The van der Waals surface area contributed by atoms with Crippen LogP contribution in [0, 0.1) is 0 Å².